The molecule has 1 saturated heterocycles. The van der Waals surface area contributed by atoms with E-state index in [1.165, 1.54) is 0 Å². The summed E-state index contributed by atoms with van der Waals surface area (Å²) in [5, 5.41) is 0. The third-order valence-electron chi connectivity index (χ3n) is 3.59. The van der Waals surface area contributed by atoms with Gasteiger partial charge in [0.05, 0.1) is 6.61 Å². The number of hydrogen-bond acceptors (Lipinski definition) is 10. The Hall–Kier alpha value is -0.685. The Morgan fingerprint density at radius 3 is 2.42 bits per heavy atom. The zero-order valence-electron chi connectivity index (χ0n) is 16.0. The van der Waals surface area contributed by atoms with E-state index in [-0.39, 0.29) is 19.0 Å². The number of benzene rings is 1. The molecule has 0 amide bonds. The van der Waals surface area contributed by atoms with Crippen LogP contribution in [-0.4, -0.2) is 59.9 Å². The molecule has 2 rings (SSSR count). The van der Waals surface area contributed by atoms with E-state index in [9.17, 15) is 23.4 Å². The predicted molar refractivity (Wildman–Crippen MR) is 110 cm³/mol. The van der Waals surface area contributed by atoms with Crippen molar-refractivity contribution in [3.05, 3.63) is 30.3 Å². The smallest absolute Gasteiger partial charge is 0.482 e. The summed E-state index contributed by atoms with van der Waals surface area (Å²) in [6.07, 6.45) is -1.47. The number of ether oxygens (including phenoxy) is 3. The van der Waals surface area contributed by atoms with E-state index in [1.54, 1.807) is 38.2 Å². The second kappa shape index (κ2) is 11.0. The van der Waals surface area contributed by atoms with E-state index in [1.807, 2.05) is 0 Å². The molecular formula is C13H20BO13P3S. The van der Waals surface area contributed by atoms with Gasteiger partial charge in [0.1, 0.15) is 25.8 Å². The summed E-state index contributed by atoms with van der Waals surface area (Å²) < 4.78 is 62.8. The summed E-state index contributed by atoms with van der Waals surface area (Å²) in [7, 11) is -9.19. The van der Waals surface area contributed by atoms with Gasteiger partial charge in [-0.15, -0.1) is 0 Å². The highest BCUT2D eigenvalue weighted by Gasteiger charge is 2.42. The predicted octanol–water partition coefficient (Wildman–Crippen LogP) is 1.01. The Bertz CT molecular complexity index is 896. The van der Waals surface area contributed by atoms with E-state index in [0.717, 1.165) is 0 Å². The van der Waals surface area contributed by atoms with Crippen LogP contribution in [0.5, 0.6) is 5.75 Å². The van der Waals surface area contributed by atoms with Gasteiger partial charge < -0.3 is 28.9 Å². The SMILES string of the molecule is BC1CC(OC(=O)COc2ccccc2)C(COP(=O)(S)OP(=O)(O)OP(=O)(O)O)O1. The Balaban J connectivity index is 1.87. The van der Waals surface area contributed by atoms with Gasteiger partial charge in [-0.3, -0.25) is 4.52 Å². The fourth-order valence-corrected chi connectivity index (χ4v) is 6.58. The second-order valence-corrected chi connectivity index (χ2v) is 12.1. The molecule has 1 aliphatic rings. The highest BCUT2D eigenvalue weighted by molar-refractivity contribution is 8.45. The van der Waals surface area contributed by atoms with Crippen LogP contribution in [0.25, 0.3) is 0 Å². The van der Waals surface area contributed by atoms with E-state index in [4.69, 9.17) is 28.5 Å². The van der Waals surface area contributed by atoms with Gasteiger partial charge in [0.25, 0.3) is 0 Å². The van der Waals surface area contributed by atoms with Crippen LogP contribution in [0.4, 0.5) is 0 Å². The molecule has 31 heavy (non-hydrogen) atoms. The zero-order valence-corrected chi connectivity index (χ0v) is 19.5. The van der Waals surface area contributed by atoms with Crippen molar-refractivity contribution < 1.29 is 60.5 Å². The Labute approximate surface area is 183 Å². The first kappa shape index (κ1) is 26.6. The lowest BCUT2D eigenvalue weighted by Crippen LogP contribution is -2.32. The summed E-state index contributed by atoms with van der Waals surface area (Å²) in [5.41, 5.74) is 0. The van der Waals surface area contributed by atoms with Crippen molar-refractivity contribution in [3.8, 4) is 5.75 Å². The second-order valence-electron chi connectivity index (χ2n) is 6.24. The maximum Gasteiger partial charge on any atom is 0.488 e. The molecule has 0 aliphatic carbocycles. The van der Waals surface area contributed by atoms with Crippen molar-refractivity contribution in [1.82, 2.24) is 0 Å². The van der Waals surface area contributed by atoms with Gasteiger partial charge in [-0.1, -0.05) is 30.4 Å². The summed E-state index contributed by atoms with van der Waals surface area (Å²) in [5.74, 6) is -0.230. The van der Waals surface area contributed by atoms with E-state index >= 15 is 0 Å². The lowest BCUT2D eigenvalue weighted by atomic mass is 9.96. The topological polar surface area (TPSA) is 184 Å². The Morgan fingerprint density at radius 2 is 1.81 bits per heavy atom. The van der Waals surface area contributed by atoms with Crippen molar-refractivity contribution in [2.75, 3.05) is 13.2 Å². The van der Waals surface area contributed by atoms with Crippen LogP contribution in [0.1, 0.15) is 6.42 Å². The maximum atomic E-state index is 12.1. The third kappa shape index (κ3) is 10.2. The van der Waals surface area contributed by atoms with E-state index in [2.05, 4.69) is 20.9 Å². The molecule has 1 aromatic carbocycles. The highest BCUT2D eigenvalue weighted by Crippen LogP contribution is 2.69. The van der Waals surface area contributed by atoms with Crippen molar-refractivity contribution in [3.63, 3.8) is 0 Å². The molecular weight excluding hydrogens is 500 g/mol. The lowest BCUT2D eigenvalue weighted by Gasteiger charge is -2.21. The van der Waals surface area contributed by atoms with Crippen molar-refractivity contribution in [2.24, 2.45) is 0 Å². The number of rotatable bonds is 11. The first-order chi connectivity index (χ1) is 14.2. The lowest BCUT2D eigenvalue weighted by molar-refractivity contribution is -0.154. The molecule has 1 fully saturated rings. The molecule has 1 aliphatic heterocycles. The number of esters is 1. The minimum absolute atomic E-state index is 0.280. The monoisotopic (exact) mass is 520 g/mol. The standard InChI is InChI=1S/C13H20BO13P3S/c14-12-6-10(25-13(15)8-22-9-4-2-1-3-5-9)11(24-12)7-23-30(21,31)27-29(19,20)26-28(16,17)18/h1-5,10-12H,6-8,14H2,(H,19,20)(H,21,31)(H2,16,17,18). The van der Waals surface area contributed by atoms with Crippen LogP contribution in [0.2, 0.25) is 0 Å². The number of hydrogen-bond donors (Lipinski definition) is 4. The summed E-state index contributed by atoms with van der Waals surface area (Å²) in [4.78, 5) is 38.4. The van der Waals surface area contributed by atoms with Crippen LogP contribution >= 0.6 is 34.7 Å². The normalized spacial score (nSPS) is 25.4. The minimum atomic E-state index is -5.46. The van der Waals surface area contributed by atoms with Gasteiger partial charge in [0.15, 0.2) is 6.61 Å². The average Bonchev–Trinajstić information content (AvgIpc) is 2.95. The first-order valence-electron chi connectivity index (χ1n) is 8.56. The molecule has 0 spiro atoms. The number of thiol groups is 1. The summed E-state index contributed by atoms with van der Waals surface area (Å²) >= 11 is 3.46. The molecule has 1 aromatic rings. The summed E-state index contributed by atoms with van der Waals surface area (Å²) in [6, 6.07) is 8.20. The van der Waals surface area contributed by atoms with Gasteiger partial charge in [-0.2, -0.15) is 8.62 Å². The fraction of sp³-hybridized carbons (Fsp3) is 0.462. The largest absolute Gasteiger partial charge is 0.488 e. The van der Waals surface area contributed by atoms with Crippen LogP contribution in [0, 0.1) is 0 Å². The van der Waals surface area contributed by atoms with Gasteiger partial charge >= 0.3 is 28.4 Å². The molecule has 0 saturated carbocycles. The van der Waals surface area contributed by atoms with Gasteiger partial charge in [-0.05, 0) is 12.1 Å². The first-order valence-corrected chi connectivity index (χ1v) is 14.3. The molecule has 3 N–H and O–H groups in total. The van der Waals surface area contributed by atoms with Crippen LogP contribution < -0.4 is 4.74 Å². The van der Waals surface area contributed by atoms with Gasteiger partial charge in [0.2, 0.25) is 0 Å². The molecule has 13 nitrogen and oxygen atoms in total. The van der Waals surface area contributed by atoms with Crippen LogP contribution in [0.3, 0.4) is 0 Å². The fourth-order valence-electron chi connectivity index (χ4n) is 2.52. The number of para-hydroxylation sites is 1. The minimum Gasteiger partial charge on any atom is -0.482 e. The quantitative estimate of drug-likeness (QED) is 0.140. The molecule has 5 atom stereocenters. The van der Waals surface area contributed by atoms with Crippen LogP contribution in [0.15, 0.2) is 30.3 Å². The molecule has 174 valence electrons. The molecule has 1 heterocycles. The van der Waals surface area contributed by atoms with Crippen LogP contribution in [-0.2, 0) is 41.1 Å². The Kier molecular flexibility index (Phi) is 9.39. The number of phosphoric acid groups is 2. The molecule has 0 bridgehead atoms. The summed E-state index contributed by atoms with van der Waals surface area (Å²) in [6.45, 7) is -5.53. The molecule has 0 aromatic heterocycles. The van der Waals surface area contributed by atoms with Crippen molar-refractivity contribution in [1.29, 1.82) is 0 Å². The highest BCUT2D eigenvalue weighted by atomic mass is 32.7. The van der Waals surface area contributed by atoms with Gasteiger partial charge in [0, 0.05) is 12.4 Å². The Morgan fingerprint density at radius 1 is 1.16 bits per heavy atom. The molecule has 18 heteroatoms. The van der Waals surface area contributed by atoms with Gasteiger partial charge in [-0.25, -0.2) is 18.5 Å². The third-order valence-corrected chi connectivity index (χ3v) is 8.39. The zero-order chi connectivity index (χ0) is 23.3. The van der Waals surface area contributed by atoms with E-state index < -0.39 is 47.2 Å². The number of carbonyl (C=O) groups is 1. The van der Waals surface area contributed by atoms with Crippen molar-refractivity contribution >= 4 is 48.5 Å². The maximum absolute atomic E-state index is 12.1. The number of carbonyl (C=O) groups excluding carboxylic acids is 1. The molecule has 0 radical (unpaired) electrons. The molecule has 5 unspecified atom stereocenters. The van der Waals surface area contributed by atoms with Crippen molar-refractivity contribution in [2.45, 2.75) is 24.6 Å². The average molecular weight is 520 g/mol. The van der Waals surface area contributed by atoms with E-state index in [0.29, 0.717) is 5.75 Å².